The van der Waals surface area contributed by atoms with Gasteiger partial charge in [0.1, 0.15) is 0 Å². The Morgan fingerprint density at radius 3 is 2.91 bits per heavy atom. The number of nitrogens with zero attached hydrogens (tertiary/aromatic N) is 3. The second-order valence-corrected chi connectivity index (χ2v) is 6.70. The molecule has 2 aromatic rings. The van der Waals surface area contributed by atoms with Crippen LogP contribution in [0.15, 0.2) is 36.5 Å². The summed E-state index contributed by atoms with van der Waals surface area (Å²) in [5.74, 6) is 0.0375. The second-order valence-electron chi connectivity index (χ2n) is 5.66. The Balaban J connectivity index is 1.69. The number of rotatable bonds is 4. The predicted octanol–water partition coefficient (Wildman–Crippen LogP) is 3.19. The summed E-state index contributed by atoms with van der Waals surface area (Å²) in [4.78, 5) is 19.5. The maximum Gasteiger partial charge on any atom is 0.231 e. The van der Waals surface area contributed by atoms with Crippen molar-refractivity contribution < 1.29 is 4.79 Å². The van der Waals surface area contributed by atoms with Crippen LogP contribution in [0.4, 0.5) is 5.13 Å². The molecule has 1 fully saturated rings. The van der Waals surface area contributed by atoms with Gasteiger partial charge in [-0.25, -0.2) is 4.98 Å². The first-order valence-corrected chi connectivity index (χ1v) is 8.49. The molecule has 0 saturated carbocycles. The quantitative estimate of drug-likeness (QED) is 0.876. The Kier molecular flexibility index (Phi) is 4.58. The Bertz CT molecular complexity index is 722. The van der Waals surface area contributed by atoms with E-state index in [0.29, 0.717) is 18.2 Å². The van der Waals surface area contributed by atoms with E-state index in [1.165, 1.54) is 11.3 Å². The average molecular weight is 326 g/mol. The Morgan fingerprint density at radius 1 is 1.43 bits per heavy atom. The highest BCUT2D eigenvalue weighted by Crippen LogP contribution is 2.31. The molecule has 1 amide bonds. The summed E-state index contributed by atoms with van der Waals surface area (Å²) in [6.07, 6.45) is 4.82. The van der Waals surface area contributed by atoms with Crippen molar-refractivity contribution in [3.05, 3.63) is 36.5 Å². The highest BCUT2D eigenvalue weighted by molar-refractivity contribution is 7.19. The number of aromatic nitrogens is 1. The fraction of sp³-hybridized carbons (Fsp3) is 0.353. The third kappa shape index (κ3) is 3.35. The van der Waals surface area contributed by atoms with Crippen LogP contribution in [0.5, 0.6) is 0 Å². The number of carbonyl (C=O) groups excluding carboxylic acids is 1. The number of hydrogen-bond acceptors (Lipinski definition) is 5. The van der Waals surface area contributed by atoms with Crippen molar-refractivity contribution in [2.75, 3.05) is 18.4 Å². The van der Waals surface area contributed by atoms with E-state index in [4.69, 9.17) is 5.26 Å². The van der Waals surface area contributed by atoms with Crippen molar-refractivity contribution in [3.8, 4) is 16.6 Å². The minimum absolute atomic E-state index is 0.0384. The van der Waals surface area contributed by atoms with Crippen molar-refractivity contribution in [2.24, 2.45) is 11.8 Å². The summed E-state index contributed by atoms with van der Waals surface area (Å²) in [6, 6.07) is 9.98. The molecule has 2 heterocycles. The molecule has 118 valence electrons. The molecule has 0 unspecified atom stereocenters. The lowest BCUT2D eigenvalue weighted by Gasteiger charge is -2.14. The van der Waals surface area contributed by atoms with Crippen molar-refractivity contribution in [1.29, 1.82) is 5.26 Å². The van der Waals surface area contributed by atoms with Gasteiger partial charge in [-0.05, 0) is 11.5 Å². The third-order valence-corrected chi connectivity index (χ3v) is 5.20. The normalized spacial score (nSPS) is 20.3. The molecule has 1 aliphatic heterocycles. The molecule has 0 spiro atoms. The standard InChI is InChI=1S/C17H18N4OS/c1-2-12-9-21(11-18)10-14(12)16(22)20-17-19-8-15(23-17)13-6-4-3-5-7-13/h3-8,12,14H,2,9-10H2,1H3,(H,19,20,22)/t12-,14-/m1/s1. The van der Waals surface area contributed by atoms with E-state index in [1.54, 1.807) is 11.1 Å². The van der Waals surface area contributed by atoms with Gasteiger partial charge in [-0.1, -0.05) is 55.0 Å². The fourth-order valence-electron chi connectivity index (χ4n) is 2.93. The monoisotopic (exact) mass is 326 g/mol. The first-order valence-electron chi connectivity index (χ1n) is 7.68. The van der Waals surface area contributed by atoms with E-state index in [2.05, 4.69) is 23.4 Å². The third-order valence-electron chi connectivity index (χ3n) is 4.24. The molecule has 2 atom stereocenters. The van der Waals surface area contributed by atoms with Crippen LogP contribution in [-0.2, 0) is 4.79 Å². The lowest BCUT2D eigenvalue weighted by molar-refractivity contribution is -0.120. The van der Waals surface area contributed by atoms with Gasteiger partial charge in [0.2, 0.25) is 5.91 Å². The number of likely N-dealkylation sites (tertiary alicyclic amines) is 1. The summed E-state index contributed by atoms with van der Waals surface area (Å²) in [6.45, 7) is 3.22. The maximum absolute atomic E-state index is 12.5. The average Bonchev–Trinajstić information content (AvgIpc) is 3.22. The predicted molar refractivity (Wildman–Crippen MR) is 90.6 cm³/mol. The van der Waals surface area contributed by atoms with Crippen molar-refractivity contribution in [2.45, 2.75) is 13.3 Å². The minimum atomic E-state index is -0.149. The molecule has 0 aliphatic carbocycles. The molecule has 23 heavy (non-hydrogen) atoms. The van der Waals surface area contributed by atoms with Gasteiger partial charge in [-0.3, -0.25) is 4.79 Å². The molecule has 1 aromatic carbocycles. The van der Waals surface area contributed by atoms with Gasteiger partial charge in [0.05, 0.1) is 10.8 Å². The highest BCUT2D eigenvalue weighted by atomic mass is 32.1. The van der Waals surface area contributed by atoms with Gasteiger partial charge >= 0.3 is 0 Å². The van der Waals surface area contributed by atoms with E-state index in [9.17, 15) is 4.79 Å². The summed E-state index contributed by atoms with van der Waals surface area (Å²) < 4.78 is 0. The first-order chi connectivity index (χ1) is 11.2. The van der Waals surface area contributed by atoms with Gasteiger partial charge in [0.25, 0.3) is 0 Å². The number of benzene rings is 1. The van der Waals surface area contributed by atoms with Crippen LogP contribution in [-0.4, -0.2) is 28.9 Å². The zero-order valence-electron chi connectivity index (χ0n) is 12.9. The zero-order valence-corrected chi connectivity index (χ0v) is 13.7. The molecular formula is C17H18N4OS. The topological polar surface area (TPSA) is 69.0 Å². The number of carbonyl (C=O) groups is 1. The van der Waals surface area contributed by atoms with Crippen LogP contribution in [0.25, 0.3) is 10.4 Å². The largest absolute Gasteiger partial charge is 0.310 e. The molecule has 1 saturated heterocycles. The van der Waals surface area contributed by atoms with Crippen molar-refractivity contribution in [1.82, 2.24) is 9.88 Å². The number of anilines is 1. The summed E-state index contributed by atoms with van der Waals surface area (Å²) >= 11 is 1.47. The number of nitriles is 1. The van der Waals surface area contributed by atoms with E-state index >= 15 is 0 Å². The molecular weight excluding hydrogens is 308 g/mol. The Morgan fingerprint density at radius 2 is 2.22 bits per heavy atom. The zero-order chi connectivity index (χ0) is 16.2. The highest BCUT2D eigenvalue weighted by Gasteiger charge is 2.36. The lowest BCUT2D eigenvalue weighted by atomic mass is 9.93. The fourth-order valence-corrected chi connectivity index (χ4v) is 3.75. The van der Waals surface area contributed by atoms with Gasteiger partial charge in [-0.15, -0.1) is 0 Å². The number of hydrogen-bond donors (Lipinski definition) is 1. The van der Waals surface area contributed by atoms with Crippen LogP contribution in [0.3, 0.4) is 0 Å². The Hall–Kier alpha value is -2.39. The van der Waals surface area contributed by atoms with Gasteiger partial charge < -0.3 is 10.2 Å². The van der Waals surface area contributed by atoms with Crippen molar-refractivity contribution >= 4 is 22.4 Å². The van der Waals surface area contributed by atoms with Crippen LogP contribution >= 0.6 is 11.3 Å². The smallest absolute Gasteiger partial charge is 0.231 e. The molecule has 6 heteroatoms. The van der Waals surface area contributed by atoms with E-state index < -0.39 is 0 Å². The number of nitrogens with one attached hydrogen (secondary N) is 1. The molecule has 1 N–H and O–H groups in total. The summed E-state index contributed by atoms with van der Waals surface area (Å²) in [5, 5.41) is 12.6. The number of amides is 1. The van der Waals surface area contributed by atoms with Gasteiger partial charge in [0, 0.05) is 19.3 Å². The lowest BCUT2D eigenvalue weighted by Crippen LogP contribution is -2.28. The van der Waals surface area contributed by atoms with E-state index in [-0.39, 0.29) is 17.7 Å². The maximum atomic E-state index is 12.5. The minimum Gasteiger partial charge on any atom is -0.310 e. The van der Waals surface area contributed by atoms with Crippen molar-refractivity contribution in [3.63, 3.8) is 0 Å². The molecule has 3 rings (SSSR count). The Labute approximate surface area is 139 Å². The SMILES string of the molecule is CC[C@@H]1CN(C#N)C[C@H]1C(=O)Nc1ncc(-c2ccccc2)s1. The van der Waals surface area contributed by atoms with Gasteiger partial charge in [-0.2, -0.15) is 5.26 Å². The summed E-state index contributed by atoms with van der Waals surface area (Å²) in [7, 11) is 0. The van der Waals surface area contributed by atoms with Gasteiger partial charge in [0.15, 0.2) is 11.3 Å². The molecule has 5 nitrogen and oxygen atoms in total. The molecule has 0 bridgehead atoms. The molecule has 1 aromatic heterocycles. The van der Waals surface area contributed by atoms with Crippen LogP contribution in [0.1, 0.15) is 13.3 Å². The first kappa shape index (κ1) is 15.5. The van der Waals surface area contributed by atoms with E-state index in [1.807, 2.05) is 30.3 Å². The summed E-state index contributed by atoms with van der Waals surface area (Å²) in [5.41, 5.74) is 1.09. The van der Waals surface area contributed by atoms with Crippen LogP contribution in [0.2, 0.25) is 0 Å². The van der Waals surface area contributed by atoms with Crippen LogP contribution in [0, 0.1) is 23.3 Å². The van der Waals surface area contributed by atoms with Crippen LogP contribution < -0.4 is 5.32 Å². The number of thiazole rings is 1. The second kappa shape index (κ2) is 6.80. The molecule has 0 radical (unpaired) electrons. The molecule has 1 aliphatic rings. The van der Waals surface area contributed by atoms with E-state index in [0.717, 1.165) is 16.9 Å².